The third kappa shape index (κ3) is 4.12. The topological polar surface area (TPSA) is 93.9 Å². The molecule has 2 atom stereocenters. The average molecular weight is 416 g/mol. The summed E-state index contributed by atoms with van der Waals surface area (Å²) in [7, 11) is 1.83. The molecule has 1 saturated heterocycles. The van der Waals surface area contributed by atoms with Crippen molar-refractivity contribution in [3.63, 3.8) is 0 Å². The number of piperazine rings is 1. The lowest BCUT2D eigenvalue weighted by atomic mass is 9.80. The van der Waals surface area contributed by atoms with Gasteiger partial charge >= 0.3 is 5.97 Å². The van der Waals surface area contributed by atoms with Gasteiger partial charge in [0.1, 0.15) is 17.7 Å². The Labute approximate surface area is 176 Å². The second kappa shape index (κ2) is 8.99. The number of carboxylic acids is 1. The molecular weight excluding hydrogens is 385 g/mol. The molecular formula is C22H30FN5O2. The van der Waals surface area contributed by atoms with Gasteiger partial charge < -0.3 is 21.2 Å². The maximum atomic E-state index is 13.6. The number of carboxylic acid groups (broad SMARTS) is 1. The molecule has 0 saturated carbocycles. The van der Waals surface area contributed by atoms with Crippen LogP contribution in [0.25, 0.3) is 0 Å². The lowest BCUT2D eigenvalue weighted by Gasteiger charge is -2.39. The molecule has 1 fully saturated rings. The molecule has 8 heteroatoms. The van der Waals surface area contributed by atoms with Gasteiger partial charge in [-0.05, 0) is 50.2 Å². The number of hydrogen-bond acceptors (Lipinski definition) is 6. The van der Waals surface area contributed by atoms with Gasteiger partial charge in [-0.1, -0.05) is 30.9 Å². The van der Waals surface area contributed by atoms with Crippen molar-refractivity contribution in [1.82, 2.24) is 20.7 Å². The third-order valence-electron chi connectivity index (χ3n) is 5.89. The van der Waals surface area contributed by atoms with Crippen LogP contribution in [-0.4, -0.2) is 60.1 Å². The number of hydrogen-bond donors (Lipinski definition) is 4. The molecule has 2 heterocycles. The Morgan fingerprint density at radius 3 is 2.70 bits per heavy atom. The predicted octanol–water partition coefficient (Wildman–Crippen LogP) is 1.52. The van der Waals surface area contributed by atoms with Crippen LogP contribution in [0.4, 0.5) is 4.39 Å². The van der Waals surface area contributed by atoms with Gasteiger partial charge in [-0.15, -0.1) is 0 Å². The molecule has 5 N–H and O–H groups in total. The highest BCUT2D eigenvalue weighted by Gasteiger charge is 2.43. The standard InChI is InChI=1S/C22H30FN5O2/c1-4-5-15(10-11-24)19-20(28-13-12-27(3)18(14-28)21(29)30)25-26-22(19,2)16-6-8-17(23)9-7-16/h4-9,18,25-26H,1,10-14,24H2,2-3H3,(H,29,30)/b15-5+. The Kier molecular flexibility index (Phi) is 6.60. The van der Waals surface area contributed by atoms with Crippen LogP contribution in [-0.2, 0) is 10.3 Å². The number of carbonyl (C=O) groups is 1. The first kappa shape index (κ1) is 22.0. The first-order valence-corrected chi connectivity index (χ1v) is 10.1. The number of nitrogens with zero attached hydrogens (tertiary/aromatic N) is 2. The van der Waals surface area contributed by atoms with Crippen molar-refractivity contribution in [1.29, 1.82) is 0 Å². The van der Waals surface area contributed by atoms with Crippen molar-refractivity contribution < 1.29 is 14.3 Å². The van der Waals surface area contributed by atoms with Crippen molar-refractivity contribution in [2.75, 3.05) is 33.2 Å². The zero-order chi connectivity index (χ0) is 21.9. The minimum absolute atomic E-state index is 0.300. The van der Waals surface area contributed by atoms with Gasteiger partial charge in [0, 0.05) is 25.2 Å². The number of halogens is 1. The van der Waals surface area contributed by atoms with E-state index >= 15 is 0 Å². The Morgan fingerprint density at radius 1 is 1.40 bits per heavy atom. The van der Waals surface area contributed by atoms with Crippen LogP contribution in [0.2, 0.25) is 0 Å². The number of hydrazine groups is 1. The number of rotatable bonds is 7. The summed E-state index contributed by atoms with van der Waals surface area (Å²) in [6, 6.07) is 5.78. The van der Waals surface area contributed by atoms with Gasteiger partial charge in [-0.3, -0.25) is 9.69 Å². The minimum Gasteiger partial charge on any atom is -0.480 e. The molecule has 0 spiro atoms. The molecule has 0 aromatic heterocycles. The fourth-order valence-electron chi connectivity index (χ4n) is 4.19. The van der Waals surface area contributed by atoms with Crippen LogP contribution in [0.15, 0.2) is 60.0 Å². The van der Waals surface area contributed by atoms with E-state index in [4.69, 9.17) is 5.73 Å². The summed E-state index contributed by atoms with van der Waals surface area (Å²) in [5.74, 6) is -0.325. The molecule has 162 valence electrons. The first-order chi connectivity index (χ1) is 14.3. The molecule has 30 heavy (non-hydrogen) atoms. The number of allylic oxidation sites excluding steroid dienone is 2. The van der Waals surface area contributed by atoms with Crippen LogP contribution >= 0.6 is 0 Å². The molecule has 1 aromatic carbocycles. The molecule has 0 bridgehead atoms. The van der Waals surface area contributed by atoms with Crippen molar-refractivity contribution in [3.05, 3.63) is 71.3 Å². The molecule has 3 rings (SSSR count). The van der Waals surface area contributed by atoms with Crippen LogP contribution in [0, 0.1) is 5.82 Å². The number of likely N-dealkylation sites (N-methyl/N-ethyl adjacent to an activating group) is 1. The predicted molar refractivity (Wildman–Crippen MR) is 115 cm³/mol. The average Bonchev–Trinajstić information content (AvgIpc) is 3.06. The molecule has 2 aliphatic rings. The Hall–Kier alpha value is -2.68. The molecule has 0 amide bonds. The summed E-state index contributed by atoms with van der Waals surface area (Å²) >= 11 is 0. The first-order valence-electron chi connectivity index (χ1n) is 10.1. The van der Waals surface area contributed by atoms with Gasteiger partial charge in [-0.25, -0.2) is 9.82 Å². The van der Waals surface area contributed by atoms with E-state index in [9.17, 15) is 14.3 Å². The second-order valence-electron chi connectivity index (χ2n) is 7.85. The Morgan fingerprint density at radius 2 is 2.10 bits per heavy atom. The normalized spacial score (nSPS) is 25.4. The monoisotopic (exact) mass is 415 g/mol. The molecule has 0 aliphatic carbocycles. The maximum absolute atomic E-state index is 13.6. The van der Waals surface area contributed by atoms with Gasteiger partial charge in [0.15, 0.2) is 0 Å². The minimum atomic E-state index is -0.847. The summed E-state index contributed by atoms with van der Waals surface area (Å²) in [5, 5.41) is 9.62. The molecule has 0 radical (unpaired) electrons. The highest BCUT2D eigenvalue weighted by atomic mass is 19.1. The van der Waals surface area contributed by atoms with E-state index < -0.39 is 17.6 Å². The summed E-state index contributed by atoms with van der Waals surface area (Å²) < 4.78 is 13.6. The molecule has 2 aliphatic heterocycles. The van der Waals surface area contributed by atoms with Crippen LogP contribution in [0.3, 0.4) is 0 Å². The van der Waals surface area contributed by atoms with Gasteiger partial charge in [0.05, 0.1) is 5.54 Å². The van der Waals surface area contributed by atoms with Gasteiger partial charge in [-0.2, -0.15) is 0 Å². The molecule has 1 aromatic rings. The zero-order valence-corrected chi connectivity index (χ0v) is 17.5. The second-order valence-corrected chi connectivity index (χ2v) is 7.85. The van der Waals surface area contributed by atoms with Crippen LogP contribution < -0.4 is 16.6 Å². The maximum Gasteiger partial charge on any atom is 0.322 e. The van der Waals surface area contributed by atoms with E-state index in [1.54, 1.807) is 18.2 Å². The van der Waals surface area contributed by atoms with Crippen molar-refractivity contribution in [3.8, 4) is 0 Å². The van der Waals surface area contributed by atoms with Gasteiger partial charge in [0.2, 0.25) is 0 Å². The summed E-state index contributed by atoms with van der Waals surface area (Å²) in [6.45, 7) is 7.97. The van der Waals surface area contributed by atoms with Crippen LogP contribution in [0.1, 0.15) is 18.9 Å². The van der Waals surface area contributed by atoms with Gasteiger partial charge in [0.25, 0.3) is 0 Å². The van der Waals surface area contributed by atoms with Crippen molar-refractivity contribution in [2.45, 2.75) is 24.9 Å². The molecule has 2 unspecified atom stereocenters. The van der Waals surface area contributed by atoms with Crippen LogP contribution in [0.5, 0.6) is 0 Å². The van der Waals surface area contributed by atoms with E-state index in [0.717, 1.165) is 22.5 Å². The van der Waals surface area contributed by atoms with Crippen molar-refractivity contribution >= 4 is 5.97 Å². The number of nitrogens with two attached hydrogens (primary N) is 1. The largest absolute Gasteiger partial charge is 0.480 e. The lowest BCUT2D eigenvalue weighted by molar-refractivity contribution is -0.144. The third-order valence-corrected chi connectivity index (χ3v) is 5.89. The number of nitrogens with one attached hydrogen (secondary N) is 2. The fraction of sp³-hybridized carbons (Fsp3) is 0.409. The Bertz CT molecular complexity index is 867. The van der Waals surface area contributed by atoms with E-state index in [2.05, 4.69) is 22.3 Å². The van der Waals surface area contributed by atoms with E-state index in [1.807, 2.05) is 24.9 Å². The Balaban J connectivity index is 2.11. The lowest BCUT2D eigenvalue weighted by Crippen LogP contribution is -2.55. The number of aliphatic carboxylic acids is 1. The summed E-state index contributed by atoms with van der Waals surface area (Å²) in [5.41, 5.74) is 14.7. The zero-order valence-electron chi connectivity index (χ0n) is 17.5. The summed E-state index contributed by atoms with van der Waals surface area (Å²) in [6.07, 6.45) is 4.29. The summed E-state index contributed by atoms with van der Waals surface area (Å²) in [4.78, 5) is 15.6. The number of benzene rings is 1. The smallest absolute Gasteiger partial charge is 0.322 e. The van der Waals surface area contributed by atoms with Crippen molar-refractivity contribution in [2.24, 2.45) is 5.73 Å². The van der Waals surface area contributed by atoms with E-state index in [1.165, 1.54) is 12.1 Å². The van der Waals surface area contributed by atoms with E-state index in [-0.39, 0.29) is 5.82 Å². The highest BCUT2D eigenvalue weighted by molar-refractivity contribution is 5.74. The quantitative estimate of drug-likeness (QED) is 0.502. The SMILES string of the molecule is C=C/C=C(\CCN)C1=C(N2CCN(C)C(C(=O)O)C2)NNC1(C)c1ccc(F)cc1. The highest BCUT2D eigenvalue weighted by Crippen LogP contribution is 2.40. The fourth-order valence-corrected chi connectivity index (χ4v) is 4.19. The van der Waals surface area contributed by atoms with E-state index in [0.29, 0.717) is 32.6 Å². The molecule has 7 nitrogen and oxygen atoms in total.